The summed E-state index contributed by atoms with van der Waals surface area (Å²) < 4.78 is 3.41. The highest BCUT2D eigenvalue weighted by Gasteiger charge is 2.10. The minimum absolute atomic E-state index is 0.0997. The van der Waals surface area contributed by atoms with Crippen LogP contribution in [0.5, 0.6) is 0 Å². The monoisotopic (exact) mass is 247 g/mol. The molecule has 1 amide bonds. The Kier molecular flexibility index (Phi) is 3.18. The van der Waals surface area contributed by atoms with E-state index < -0.39 is 0 Å². The molecule has 1 N–H and O–H groups in total. The van der Waals surface area contributed by atoms with Gasteiger partial charge in [0.05, 0.1) is 23.3 Å². The molecule has 0 aliphatic heterocycles. The van der Waals surface area contributed by atoms with Gasteiger partial charge in [0.2, 0.25) is 5.91 Å². The van der Waals surface area contributed by atoms with E-state index in [-0.39, 0.29) is 12.5 Å². The van der Waals surface area contributed by atoms with Gasteiger partial charge in [-0.3, -0.25) is 14.2 Å². The molecule has 6 heteroatoms. The average Bonchev–Trinajstić information content (AvgIpc) is 2.76. The minimum Gasteiger partial charge on any atom is -0.322 e. The number of hydrogen-bond acceptors (Lipinski definition) is 3. The molecule has 0 aliphatic rings. The second kappa shape index (κ2) is 4.64. The summed E-state index contributed by atoms with van der Waals surface area (Å²) in [6.07, 6.45) is 1.65. The van der Waals surface area contributed by atoms with Gasteiger partial charge in [0.1, 0.15) is 6.54 Å². The van der Waals surface area contributed by atoms with Crippen molar-refractivity contribution in [2.24, 2.45) is 7.05 Å². The van der Waals surface area contributed by atoms with E-state index >= 15 is 0 Å². The van der Waals surface area contributed by atoms with E-state index in [2.05, 4.69) is 15.5 Å². The Morgan fingerprint density at radius 1 is 1.39 bits per heavy atom. The quantitative estimate of drug-likeness (QED) is 0.885. The van der Waals surface area contributed by atoms with Gasteiger partial charge in [0, 0.05) is 12.7 Å². The molecular formula is C12H17N5O. The molecule has 2 rings (SSSR count). The van der Waals surface area contributed by atoms with E-state index in [4.69, 9.17) is 0 Å². The van der Waals surface area contributed by atoms with Crippen LogP contribution in [0.4, 0.5) is 5.69 Å². The lowest BCUT2D eigenvalue weighted by Crippen LogP contribution is -2.20. The van der Waals surface area contributed by atoms with Gasteiger partial charge in [-0.15, -0.1) is 0 Å². The van der Waals surface area contributed by atoms with Crippen molar-refractivity contribution in [3.63, 3.8) is 0 Å². The lowest BCUT2D eigenvalue weighted by atomic mass is 10.4. The van der Waals surface area contributed by atoms with Crippen LogP contribution in [-0.4, -0.2) is 25.5 Å². The Balaban J connectivity index is 2.05. The summed E-state index contributed by atoms with van der Waals surface area (Å²) in [6.45, 7) is 5.97. The van der Waals surface area contributed by atoms with Crippen LogP contribution in [0.25, 0.3) is 0 Å². The molecule has 2 heterocycles. The van der Waals surface area contributed by atoms with Crippen LogP contribution in [0, 0.1) is 20.8 Å². The molecule has 0 saturated carbocycles. The fraction of sp³-hybridized carbons (Fsp3) is 0.417. The molecule has 0 unspecified atom stereocenters. The molecule has 0 radical (unpaired) electrons. The van der Waals surface area contributed by atoms with Crippen LogP contribution in [-0.2, 0) is 18.4 Å². The summed E-state index contributed by atoms with van der Waals surface area (Å²) in [7, 11) is 1.84. The van der Waals surface area contributed by atoms with Gasteiger partial charge in [-0.1, -0.05) is 0 Å². The van der Waals surface area contributed by atoms with E-state index in [1.807, 2.05) is 33.9 Å². The first-order valence-corrected chi connectivity index (χ1v) is 5.77. The Hall–Kier alpha value is -2.11. The SMILES string of the molecule is Cc1cc(C)n(CC(=O)Nc2cnn(C)c2C)n1. The Morgan fingerprint density at radius 2 is 2.11 bits per heavy atom. The minimum atomic E-state index is -0.0997. The molecular weight excluding hydrogens is 230 g/mol. The zero-order valence-corrected chi connectivity index (χ0v) is 11.1. The number of anilines is 1. The van der Waals surface area contributed by atoms with Crippen LogP contribution >= 0.6 is 0 Å². The maximum atomic E-state index is 11.9. The molecule has 96 valence electrons. The number of carbonyl (C=O) groups excluding carboxylic acids is 1. The maximum Gasteiger partial charge on any atom is 0.246 e. The van der Waals surface area contributed by atoms with Crippen LogP contribution in [0.15, 0.2) is 12.3 Å². The first kappa shape index (κ1) is 12.3. The Morgan fingerprint density at radius 3 is 2.61 bits per heavy atom. The number of carbonyl (C=O) groups is 1. The fourth-order valence-corrected chi connectivity index (χ4v) is 1.78. The first-order chi connectivity index (χ1) is 8.47. The maximum absolute atomic E-state index is 11.9. The average molecular weight is 247 g/mol. The van der Waals surface area contributed by atoms with Crippen LogP contribution in [0.3, 0.4) is 0 Å². The van der Waals surface area contributed by atoms with Crippen molar-refractivity contribution in [2.45, 2.75) is 27.3 Å². The van der Waals surface area contributed by atoms with Crippen LogP contribution in [0.2, 0.25) is 0 Å². The summed E-state index contributed by atoms with van der Waals surface area (Å²) >= 11 is 0. The second-order valence-corrected chi connectivity index (χ2v) is 4.40. The van der Waals surface area contributed by atoms with E-state index in [0.29, 0.717) is 0 Å². The van der Waals surface area contributed by atoms with Gasteiger partial charge >= 0.3 is 0 Å². The van der Waals surface area contributed by atoms with Gasteiger partial charge in [-0.2, -0.15) is 10.2 Å². The third-order valence-electron chi connectivity index (χ3n) is 2.91. The third-order valence-corrected chi connectivity index (χ3v) is 2.91. The molecule has 18 heavy (non-hydrogen) atoms. The summed E-state index contributed by atoms with van der Waals surface area (Å²) in [5.74, 6) is -0.0997. The van der Waals surface area contributed by atoms with Crippen molar-refractivity contribution in [2.75, 3.05) is 5.32 Å². The number of nitrogens with zero attached hydrogens (tertiary/aromatic N) is 4. The number of aromatic nitrogens is 4. The van der Waals surface area contributed by atoms with Crippen LogP contribution in [0.1, 0.15) is 17.1 Å². The number of hydrogen-bond donors (Lipinski definition) is 1. The van der Waals surface area contributed by atoms with E-state index in [9.17, 15) is 4.79 Å². The van der Waals surface area contributed by atoms with Crippen molar-refractivity contribution in [1.82, 2.24) is 19.6 Å². The number of amides is 1. The zero-order chi connectivity index (χ0) is 13.3. The highest BCUT2D eigenvalue weighted by atomic mass is 16.2. The summed E-state index contributed by atoms with van der Waals surface area (Å²) in [5.41, 5.74) is 3.56. The van der Waals surface area contributed by atoms with Crippen molar-refractivity contribution in [3.05, 3.63) is 29.3 Å². The molecule has 6 nitrogen and oxygen atoms in total. The second-order valence-electron chi connectivity index (χ2n) is 4.40. The summed E-state index contributed by atoms with van der Waals surface area (Å²) in [6, 6.07) is 1.95. The smallest absolute Gasteiger partial charge is 0.246 e. The Bertz CT molecular complexity index is 575. The van der Waals surface area contributed by atoms with E-state index in [0.717, 1.165) is 22.8 Å². The van der Waals surface area contributed by atoms with Crippen molar-refractivity contribution >= 4 is 11.6 Å². The fourth-order valence-electron chi connectivity index (χ4n) is 1.78. The standard InChI is InChI=1S/C12H17N5O/c1-8-5-9(2)17(15-8)7-12(18)14-11-6-13-16(4)10(11)3/h5-6H,7H2,1-4H3,(H,14,18). The number of nitrogens with one attached hydrogen (secondary N) is 1. The van der Waals surface area contributed by atoms with Gasteiger partial charge in [0.15, 0.2) is 0 Å². The largest absolute Gasteiger partial charge is 0.322 e. The number of rotatable bonds is 3. The molecule has 0 spiro atoms. The van der Waals surface area contributed by atoms with Gasteiger partial charge < -0.3 is 5.32 Å². The normalized spacial score (nSPS) is 10.7. The van der Waals surface area contributed by atoms with Crippen molar-refractivity contribution in [3.8, 4) is 0 Å². The lowest BCUT2D eigenvalue weighted by Gasteiger charge is -2.06. The highest BCUT2D eigenvalue weighted by Crippen LogP contribution is 2.12. The molecule has 0 aliphatic carbocycles. The predicted octanol–water partition coefficient (Wildman–Crippen LogP) is 1.18. The number of aryl methyl sites for hydroxylation is 3. The molecule has 0 atom stereocenters. The van der Waals surface area contributed by atoms with Gasteiger partial charge in [0.25, 0.3) is 0 Å². The molecule has 0 saturated heterocycles. The van der Waals surface area contributed by atoms with Crippen molar-refractivity contribution < 1.29 is 4.79 Å². The third kappa shape index (κ3) is 2.42. The summed E-state index contributed by atoms with van der Waals surface area (Å²) in [5, 5.41) is 11.2. The Labute approximate surface area is 106 Å². The molecule has 0 bridgehead atoms. The predicted molar refractivity (Wildman–Crippen MR) is 68.3 cm³/mol. The molecule has 2 aromatic heterocycles. The van der Waals surface area contributed by atoms with E-state index in [1.54, 1.807) is 15.6 Å². The molecule has 2 aromatic rings. The van der Waals surface area contributed by atoms with Gasteiger partial charge in [-0.05, 0) is 26.8 Å². The van der Waals surface area contributed by atoms with E-state index in [1.165, 1.54) is 0 Å². The van der Waals surface area contributed by atoms with Crippen molar-refractivity contribution in [1.29, 1.82) is 0 Å². The van der Waals surface area contributed by atoms with Crippen LogP contribution < -0.4 is 5.32 Å². The highest BCUT2D eigenvalue weighted by molar-refractivity contribution is 5.90. The molecule has 0 aromatic carbocycles. The first-order valence-electron chi connectivity index (χ1n) is 5.77. The summed E-state index contributed by atoms with van der Waals surface area (Å²) in [4.78, 5) is 11.9. The molecule has 0 fully saturated rings. The lowest BCUT2D eigenvalue weighted by molar-refractivity contribution is -0.116. The van der Waals surface area contributed by atoms with Gasteiger partial charge in [-0.25, -0.2) is 0 Å². The topological polar surface area (TPSA) is 64.7 Å². The zero-order valence-electron chi connectivity index (χ0n) is 11.1.